The van der Waals surface area contributed by atoms with Gasteiger partial charge in [0.1, 0.15) is 22.8 Å². The topological polar surface area (TPSA) is 118 Å². The molecule has 10 heteroatoms. The van der Waals surface area contributed by atoms with Crippen LogP contribution in [0.4, 0.5) is 17.1 Å². The van der Waals surface area contributed by atoms with Gasteiger partial charge in [-0.05, 0) is 38.5 Å². The number of rotatable bonds is 8. The van der Waals surface area contributed by atoms with Crippen LogP contribution in [0.1, 0.15) is 26.3 Å². The van der Waals surface area contributed by atoms with Crippen LogP contribution in [-0.4, -0.2) is 32.4 Å². The Hall–Kier alpha value is -3.49. The number of carbonyl (C=O) groups excluding carboxylic acids is 1. The highest BCUT2D eigenvalue weighted by molar-refractivity contribution is 6.32. The minimum absolute atomic E-state index is 0.230. The Morgan fingerprint density at radius 3 is 2.00 bits per heavy atom. The lowest BCUT2D eigenvalue weighted by Crippen LogP contribution is -2.27. The lowest BCUT2D eigenvalue weighted by atomic mass is 10.2. The first kappa shape index (κ1) is 29.7. The largest absolute Gasteiger partial charge is 0.495 e. The van der Waals surface area contributed by atoms with E-state index >= 15 is 0 Å². The molecule has 5 N–H and O–H groups in total. The lowest BCUT2D eigenvalue weighted by Gasteiger charge is -2.19. The summed E-state index contributed by atoms with van der Waals surface area (Å²) in [5.74, 6) is 0.893. The van der Waals surface area contributed by atoms with Crippen molar-refractivity contribution in [3.05, 3.63) is 70.2 Å². The second-order valence-electron chi connectivity index (χ2n) is 8.81. The highest BCUT2D eigenvalue weighted by atomic mass is 35.5. The molecular formula is C27H33Cl2N3O5. The Bertz CT molecular complexity index is 1180. The van der Waals surface area contributed by atoms with Crippen molar-refractivity contribution < 1.29 is 23.7 Å². The molecule has 3 rings (SSSR count). The number of halogens is 2. The maximum Gasteiger partial charge on any atom is 0.344 e. The minimum Gasteiger partial charge on any atom is -0.495 e. The second-order valence-corrected chi connectivity index (χ2v) is 9.63. The molecule has 0 unspecified atom stereocenters. The molecule has 0 bridgehead atoms. The van der Waals surface area contributed by atoms with Gasteiger partial charge in [-0.25, -0.2) is 4.79 Å². The summed E-state index contributed by atoms with van der Waals surface area (Å²) in [6.07, 6.45) is 0. The number of nitrogen functional groups attached to an aromatic ring is 2. The average molecular weight is 550 g/mol. The van der Waals surface area contributed by atoms with Gasteiger partial charge in [-0.2, -0.15) is 0 Å². The number of carbonyl (C=O) groups is 1. The Morgan fingerprint density at radius 2 is 1.43 bits per heavy atom. The number of methoxy groups -OCH3 is 2. The van der Waals surface area contributed by atoms with E-state index in [-0.39, 0.29) is 6.61 Å². The third kappa shape index (κ3) is 9.82. The van der Waals surface area contributed by atoms with Gasteiger partial charge in [-0.15, -0.1) is 0 Å². The van der Waals surface area contributed by atoms with Crippen molar-refractivity contribution in [1.82, 2.24) is 0 Å². The zero-order valence-electron chi connectivity index (χ0n) is 21.6. The van der Waals surface area contributed by atoms with Crippen molar-refractivity contribution in [2.24, 2.45) is 0 Å². The fourth-order valence-electron chi connectivity index (χ4n) is 3.01. The molecule has 3 aromatic rings. The zero-order valence-corrected chi connectivity index (χ0v) is 23.1. The molecule has 0 spiro atoms. The maximum atomic E-state index is 11.5. The fourth-order valence-corrected chi connectivity index (χ4v) is 3.51. The number of ether oxygens (including phenoxy) is 4. The molecule has 37 heavy (non-hydrogen) atoms. The van der Waals surface area contributed by atoms with Crippen molar-refractivity contribution >= 4 is 46.2 Å². The molecule has 0 amide bonds. The van der Waals surface area contributed by atoms with Crippen molar-refractivity contribution in [3.8, 4) is 17.2 Å². The number of nitrogens with two attached hydrogens (primary N) is 2. The summed E-state index contributed by atoms with van der Waals surface area (Å²) in [5, 5.41) is 4.16. The summed E-state index contributed by atoms with van der Waals surface area (Å²) in [5.41, 5.74) is 14.0. The van der Waals surface area contributed by atoms with Crippen molar-refractivity contribution in [3.63, 3.8) is 0 Å². The van der Waals surface area contributed by atoms with Crippen molar-refractivity contribution in [1.29, 1.82) is 0 Å². The molecule has 0 atom stereocenters. The SMILES string of the molecule is COc1cc(NCc2ccccc2)c(N)cc1Cl.COc1cc(OCC(=O)OC(C)(C)C)c(N)cc1Cl. The Morgan fingerprint density at radius 1 is 0.865 bits per heavy atom. The fraction of sp³-hybridized carbons (Fsp3) is 0.296. The van der Waals surface area contributed by atoms with Gasteiger partial charge in [0.15, 0.2) is 6.61 Å². The van der Waals surface area contributed by atoms with E-state index in [9.17, 15) is 4.79 Å². The molecule has 3 aromatic carbocycles. The highest BCUT2D eigenvalue weighted by Crippen LogP contribution is 2.34. The average Bonchev–Trinajstić information content (AvgIpc) is 2.83. The number of benzene rings is 3. The summed E-state index contributed by atoms with van der Waals surface area (Å²) in [6, 6.07) is 16.6. The van der Waals surface area contributed by atoms with E-state index in [4.69, 9.17) is 53.6 Å². The van der Waals surface area contributed by atoms with Gasteiger partial charge >= 0.3 is 5.97 Å². The number of nitrogens with one attached hydrogen (secondary N) is 1. The number of hydrogen-bond donors (Lipinski definition) is 3. The van der Waals surface area contributed by atoms with E-state index in [1.807, 2.05) is 18.2 Å². The minimum atomic E-state index is -0.552. The van der Waals surface area contributed by atoms with Crippen LogP contribution < -0.4 is 31.0 Å². The van der Waals surface area contributed by atoms with E-state index in [2.05, 4.69) is 17.4 Å². The van der Waals surface area contributed by atoms with Crippen LogP contribution in [0.3, 0.4) is 0 Å². The van der Waals surface area contributed by atoms with Gasteiger partial charge in [0.2, 0.25) is 0 Å². The van der Waals surface area contributed by atoms with E-state index in [0.29, 0.717) is 45.2 Å². The van der Waals surface area contributed by atoms with Crippen molar-refractivity contribution in [2.45, 2.75) is 32.9 Å². The van der Waals surface area contributed by atoms with E-state index in [1.165, 1.54) is 24.8 Å². The molecule has 0 aliphatic rings. The second kappa shape index (κ2) is 13.7. The van der Waals surface area contributed by atoms with E-state index in [1.54, 1.807) is 40.0 Å². The van der Waals surface area contributed by atoms with Crippen LogP contribution in [0, 0.1) is 0 Å². The number of hydrogen-bond acceptors (Lipinski definition) is 8. The van der Waals surface area contributed by atoms with Gasteiger partial charge < -0.3 is 35.7 Å². The first-order valence-corrected chi connectivity index (χ1v) is 12.1. The maximum absolute atomic E-state index is 11.5. The Balaban J connectivity index is 0.000000260. The number of esters is 1. The standard InChI is InChI=1S/C14H15ClN2O.C13H18ClNO4/c1-18-14-8-13(12(16)7-11(14)15)17-9-10-5-3-2-4-6-10;1-13(2,3)19-12(16)7-18-11-6-10(17-4)8(14)5-9(11)15/h2-8,17H,9,16H2,1H3;5-6H,7,15H2,1-4H3. The molecule has 200 valence electrons. The van der Waals surface area contributed by atoms with Crippen LogP contribution in [0.5, 0.6) is 17.2 Å². The van der Waals surface area contributed by atoms with Crippen molar-refractivity contribution in [2.75, 3.05) is 37.6 Å². The molecule has 8 nitrogen and oxygen atoms in total. The molecular weight excluding hydrogens is 517 g/mol. The van der Waals surface area contributed by atoms with Crippen LogP contribution in [-0.2, 0) is 16.1 Å². The monoisotopic (exact) mass is 549 g/mol. The van der Waals surface area contributed by atoms with E-state index in [0.717, 1.165) is 5.69 Å². The summed E-state index contributed by atoms with van der Waals surface area (Å²) in [4.78, 5) is 11.5. The lowest BCUT2D eigenvalue weighted by molar-refractivity contribution is -0.157. The van der Waals surface area contributed by atoms with Gasteiger partial charge in [0.05, 0.1) is 41.3 Å². The Kier molecular flexibility index (Phi) is 11.0. The third-order valence-corrected chi connectivity index (χ3v) is 5.29. The van der Waals surface area contributed by atoms with Gasteiger partial charge in [-0.1, -0.05) is 53.5 Å². The quantitative estimate of drug-likeness (QED) is 0.224. The summed E-state index contributed by atoms with van der Waals surface area (Å²) in [6.45, 7) is 5.82. The highest BCUT2D eigenvalue weighted by Gasteiger charge is 2.17. The summed E-state index contributed by atoms with van der Waals surface area (Å²) < 4.78 is 20.6. The Labute approximate surface area is 227 Å². The predicted molar refractivity (Wildman–Crippen MR) is 150 cm³/mol. The van der Waals surface area contributed by atoms with Gasteiger partial charge in [-0.3, -0.25) is 0 Å². The molecule has 0 heterocycles. The smallest absolute Gasteiger partial charge is 0.344 e. The van der Waals surface area contributed by atoms with Crippen LogP contribution in [0.25, 0.3) is 0 Å². The summed E-state index contributed by atoms with van der Waals surface area (Å²) >= 11 is 11.9. The van der Waals surface area contributed by atoms with Gasteiger partial charge in [0, 0.05) is 18.7 Å². The van der Waals surface area contributed by atoms with Crippen LogP contribution >= 0.6 is 23.2 Å². The molecule has 0 radical (unpaired) electrons. The van der Waals surface area contributed by atoms with Crippen LogP contribution in [0.15, 0.2) is 54.6 Å². The molecule has 0 fully saturated rings. The van der Waals surface area contributed by atoms with Crippen LogP contribution in [0.2, 0.25) is 10.0 Å². The molecule has 0 saturated carbocycles. The molecule has 0 aliphatic heterocycles. The third-order valence-electron chi connectivity index (χ3n) is 4.70. The first-order valence-electron chi connectivity index (χ1n) is 11.3. The molecule has 0 aromatic heterocycles. The van der Waals surface area contributed by atoms with E-state index < -0.39 is 11.6 Å². The van der Waals surface area contributed by atoms with Gasteiger partial charge in [0.25, 0.3) is 0 Å². The number of anilines is 3. The molecule has 0 aliphatic carbocycles. The predicted octanol–water partition coefficient (Wildman–Crippen LogP) is 6.19. The molecule has 0 saturated heterocycles. The first-order chi connectivity index (χ1) is 17.4. The normalized spacial score (nSPS) is 10.6. The summed E-state index contributed by atoms with van der Waals surface area (Å²) in [7, 11) is 3.06. The zero-order chi connectivity index (χ0) is 27.6.